The van der Waals surface area contributed by atoms with Gasteiger partial charge in [0.2, 0.25) is 5.88 Å². The van der Waals surface area contributed by atoms with E-state index in [0.29, 0.717) is 6.61 Å². The third-order valence-electron chi connectivity index (χ3n) is 3.91. The van der Waals surface area contributed by atoms with Gasteiger partial charge in [0.1, 0.15) is 5.56 Å². The van der Waals surface area contributed by atoms with Crippen molar-refractivity contribution >= 4 is 16.9 Å². The molecule has 1 aliphatic carbocycles. The van der Waals surface area contributed by atoms with Gasteiger partial charge in [0.05, 0.1) is 12.1 Å². The van der Waals surface area contributed by atoms with Crippen LogP contribution in [0.5, 0.6) is 5.88 Å². The Morgan fingerprint density at radius 3 is 2.85 bits per heavy atom. The fourth-order valence-electron chi connectivity index (χ4n) is 2.47. The van der Waals surface area contributed by atoms with E-state index in [1.54, 1.807) is 6.07 Å². The van der Waals surface area contributed by atoms with Gasteiger partial charge in [-0.2, -0.15) is 0 Å². The number of benzene rings is 1. The van der Waals surface area contributed by atoms with Crippen LogP contribution in [0.25, 0.3) is 10.9 Å². The summed E-state index contributed by atoms with van der Waals surface area (Å²) in [4.78, 5) is 15.6. The molecule has 1 aromatic heterocycles. The van der Waals surface area contributed by atoms with Crippen molar-refractivity contribution in [3.63, 3.8) is 0 Å². The molecule has 1 saturated carbocycles. The molecule has 0 unspecified atom stereocenters. The molecular weight excluding hydrogens is 254 g/mol. The number of para-hydroxylation sites is 1. The van der Waals surface area contributed by atoms with Crippen LogP contribution in [-0.2, 0) is 0 Å². The molecule has 104 valence electrons. The van der Waals surface area contributed by atoms with Gasteiger partial charge in [0.15, 0.2) is 0 Å². The lowest BCUT2D eigenvalue weighted by atomic mass is 9.83. The Hall–Kier alpha value is -2.10. The van der Waals surface area contributed by atoms with E-state index in [4.69, 9.17) is 4.74 Å². The average Bonchev–Trinajstić information content (AvgIpc) is 2.40. The fourth-order valence-corrected chi connectivity index (χ4v) is 2.47. The summed E-state index contributed by atoms with van der Waals surface area (Å²) in [6.07, 6.45) is 4.81. The summed E-state index contributed by atoms with van der Waals surface area (Å²) in [6, 6.07) is 9.09. The Morgan fingerprint density at radius 1 is 1.35 bits per heavy atom. The molecule has 0 radical (unpaired) electrons. The molecule has 0 bridgehead atoms. The van der Waals surface area contributed by atoms with Crippen LogP contribution in [-0.4, -0.2) is 22.7 Å². The number of pyridine rings is 1. The number of nitrogens with zero attached hydrogens (tertiary/aromatic N) is 1. The fraction of sp³-hybridized carbons (Fsp3) is 0.375. The van der Waals surface area contributed by atoms with E-state index in [1.807, 2.05) is 24.3 Å². The molecule has 2 aromatic rings. The lowest BCUT2D eigenvalue weighted by Crippen LogP contribution is -2.15. The normalized spacial score (nSPS) is 15.0. The number of hydrogen-bond donors (Lipinski definition) is 1. The summed E-state index contributed by atoms with van der Waals surface area (Å²) < 4.78 is 5.62. The molecule has 20 heavy (non-hydrogen) atoms. The monoisotopic (exact) mass is 271 g/mol. The highest BCUT2D eigenvalue weighted by Crippen LogP contribution is 2.30. The number of aromatic nitrogens is 1. The van der Waals surface area contributed by atoms with E-state index in [1.165, 1.54) is 19.3 Å². The summed E-state index contributed by atoms with van der Waals surface area (Å²) in [5.41, 5.74) is 0.897. The molecule has 0 amide bonds. The molecule has 0 spiro atoms. The standard InChI is InChI=1S/C16H17NO3/c18-16(19)13-10-12-6-1-2-7-14(12)17-15(13)20-9-8-11-4-3-5-11/h1-2,6-7,10-11H,3-5,8-9H2,(H,18,19). The SMILES string of the molecule is O=C(O)c1cc2ccccc2nc1OCCC1CCC1. The number of fused-ring (bicyclic) bond motifs is 1. The van der Waals surface area contributed by atoms with Crippen molar-refractivity contribution in [1.29, 1.82) is 0 Å². The second-order valence-electron chi connectivity index (χ2n) is 5.27. The first-order valence-electron chi connectivity index (χ1n) is 7.00. The zero-order valence-electron chi connectivity index (χ0n) is 11.2. The van der Waals surface area contributed by atoms with Crippen LogP contribution in [0.2, 0.25) is 0 Å². The van der Waals surface area contributed by atoms with Gasteiger partial charge in [-0.15, -0.1) is 0 Å². The Bertz CT molecular complexity index is 635. The highest BCUT2D eigenvalue weighted by Gasteiger charge is 2.19. The van der Waals surface area contributed by atoms with Crippen LogP contribution in [0.4, 0.5) is 0 Å². The first-order valence-corrected chi connectivity index (χ1v) is 7.00. The van der Waals surface area contributed by atoms with Crippen LogP contribution in [0.15, 0.2) is 30.3 Å². The molecule has 3 rings (SSSR count). The molecule has 4 heteroatoms. The van der Waals surface area contributed by atoms with E-state index in [-0.39, 0.29) is 11.4 Å². The third-order valence-corrected chi connectivity index (χ3v) is 3.91. The second kappa shape index (κ2) is 5.49. The first kappa shape index (κ1) is 12.9. The quantitative estimate of drug-likeness (QED) is 0.904. The van der Waals surface area contributed by atoms with E-state index in [0.717, 1.165) is 23.2 Å². The van der Waals surface area contributed by atoms with Crippen molar-refractivity contribution in [2.75, 3.05) is 6.61 Å². The summed E-state index contributed by atoms with van der Waals surface area (Å²) in [7, 11) is 0. The van der Waals surface area contributed by atoms with Gasteiger partial charge in [-0.1, -0.05) is 37.5 Å². The summed E-state index contributed by atoms with van der Waals surface area (Å²) in [5.74, 6) is -0.0267. The summed E-state index contributed by atoms with van der Waals surface area (Å²) in [5, 5.41) is 10.1. The highest BCUT2D eigenvalue weighted by molar-refractivity contribution is 5.95. The molecular formula is C16H17NO3. The van der Waals surface area contributed by atoms with E-state index in [9.17, 15) is 9.90 Å². The van der Waals surface area contributed by atoms with Crippen LogP contribution in [0.1, 0.15) is 36.0 Å². The smallest absolute Gasteiger partial charge is 0.341 e. The number of carboxylic acids is 1. The van der Waals surface area contributed by atoms with Crippen LogP contribution in [0, 0.1) is 5.92 Å². The van der Waals surface area contributed by atoms with E-state index in [2.05, 4.69) is 4.98 Å². The Morgan fingerprint density at radius 2 is 2.15 bits per heavy atom. The molecule has 1 fully saturated rings. The first-order chi connectivity index (χ1) is 9.74. The third kappa shape index (κ3) is 2.59. The summed E-state index contributed by atoms with van der Waals surface area (Å²) >= 11 is 0. The maximum atomic E-state index is 11.3. The Kier molecular flexibility index (Phi) is 3.54. The minimum atomic E-state index is -0.998. The molecule has 4 nitrogen and oxygen atoms in total. The zero-order chi connectivity index (χ0) is 13.9. The van der Waals surface area contributed by atoms with Gasteiger partial charge in [-0.3, -0.25) is 0 Å². The molecule has 1 N–H and O–H groups in total. The maximum Gasteiger partial charge on any atom is 0.341 e. The maximum absolute atomic E-state index is 11.3. The van der Waals surface area contributed by atoms with Crippen LogP contribution in [0.3, 0.4) is 0 Å². The molecule has 0 aliphatic heterocycles. The predicted octanol–water partition coefficient (Wildman–Crippen LogP) is 3.50. The van der Waals surface area contributed by atoms with Crippen molar-refractivity contribution in [2.45, 2.75) is 25.7 Å². The number of hydrogen-bond acceptors (Lipinski definition) is 3. The molecule has 1 aromatic carbocycles. The molecule has 0 saturated heterocycles. The van der Waals surface area contributed by atoms with E-state index >= 15 is 0 Å². The Labute approximate surface area is 117 Å². The molecule has 0 atom stereocenters. The van der Waals surface area contributed by atoms with Gasteiger partial charge in [0, 0.05) is 5.39 Å². The van der Waals surface area contributed by atoms with Gasteiger partial charge >= 0.3 is 5.97 Å². The van der Waals surface area contributed by atoms with E-state index < -0.39 is 5.97 Å². The van der Waals surface area contributed by atoms with Gasteiger partial charge < -0.3 is 9.84 Å². The lowest BCUT2D eigenvalue weighted by Gasteiger charge is -2.25. The lowest BCUT2D eigenvalue weighted by molar-refractivity contribution is 0.0691. The van der Waals surface area contributed by atoms with Crippen LogP contribution >= 0.6 is 0 Å². The second-order valence-corrected chi connectivity index (χ2v) is 5.27. The van der Waals surface area contributed by atoms with Gasteiger partial charge in [-0.25, -0.2) is 9.78 Å². The zero-order valence-corrected chi connectivity index (χ0v) is 11.2. The van der Waals surface area contributed by atoms with Gasteiger partial charge in [-0.05, 0) is 24.5 Å². The van der Waals surface area contributed by atoms with Gasteiger partial charge in [0.25, 0.3) is 0 Å². The van der Waals surface area contributed by atoms with Crippen LogP contribution < -0.4 is 4.74 Å². The summed E-state index contributed by atoms with van der Waals surface area (Å²) in [6.45, 7) is 0.538. The van der Waals surface area contributed by atoms with Crippen molar-refractivity contribution in [2.24, 2.45) is 5.92 Å². The minimum Gasteiger partial charge on any atom is -0.477 e. The average molecular weight is 271 g/mol. The number of rotatable bonds is 5. The highest BCUT2D eigenvalue weighted by atomic mass is 16.5. The molecule has 1 aliphatic rings. The number of ether oxygens (including phenoxy) is 1. The topological polar surface area (TPSA) is 59.4 Å². The van der Waals surface area contributed by atoms with Crippen molar-refractivity contribution < 1.29 is 14.6 Å². The molecule has 1 heterocycles. The number of aromatic carboxylic acids is 1. The Balaban J connectivity index is 1.82. The minimum absolute atomic E-state index is 0.136. The van der Waals surface area contributed by atoms with Crippen molar-refractivity contribution in [3.05, 3.63) is 35.9 Å². The van der Waals surface area contributed by atoms with Crippen molar-refractivity contribution in [3.8, 4) is 5.88 Å². The number of carboxylic acid groups (broad SMARTS) is 1. The predicted molar refractivity (Wildman–Crippen MR) is 76.2 cm³/mol. The largest absolute Gasteiger partial charge is 0.477 e. The van der Waals surface area contributed by atoms with Crippen molar-refractivity contribution in [1.82, 2.24) is 4.98 Å². The number of carbonyl (C=O) groups is 1.